The van der Waals surface area contributed by atoms with Gasteiger partial charge in [-0.1, -0.05) is 19.1 Å². The zero-order valence-corrected chi connectivity index (χ0v) is 11.2. The highest BCUT2D eigenvalue weighted by atomic mass is 79.9. The molecule has 4 heteroatoms. The maximum Gasteiger partial charge on any atom is 0.224 e. The van der Waals surface area contributed by atoms with Crippen LogP contribution in [0.4, 0.5) is 5.69 Å². The second-order valence-corrected chi connectivity index (χ2v) is 5.01. The van der Waals surface area contributed by atoms with E-state index in [1.165, 1.54) is 0 Å². The minimum Gasteiger partial charge on any atom is -0.326 e. The molecule has 0 saturated heterocycles. The molecule has 0 bridgehead atoms. The van der Waals surface area contributed by atoms with Crippen LogP contribution in [0.5, 0.6) is 0 Å². The fraction of sp³-hybridized carbons (Fsp3) is 0.385. The van der Waals surface area contributed by atoms with Gasteiger partial charge in [0.15, 0.2) is 0 Å². The summed E-state index contributed by atoms with van der Waals surface area (Å²) in [6.45, 7) is 1.99. The maximum absolute atomic E-state index is 11.4. The van der Waals surface area contributed by atoms with Gasteiger partial charge in [0.25, 0.3) is 0 Å². The Morgan fingerprint density at radius 3 is 2.88 bits per heavy atom. The lowest BCUT2D eigenvalue weighted by atomic mass is 9.93. The number of fused-ring (bicyclic) bond motifs is 1. The number of carbonyl (C=O) groups is 2. The number of halogens is 1. The zero-order chi connectivity index (χ0) is 12.4. The molecule has 1 atom stereocenters. The lowest BCUT2D eigenvalue weighted by Gasteiger charge is -2.19. The summed E-state index contributed by atoms with van der Waals surface area (Å²) in [5, 5.41) is 2.84. The first-order valence-corrected chi connectivity index (χ1v) is 6.53. The number of anilines is 1. The Hall–Kier alpha value is -1.16. The van der Waals surface area contributed by atoms with E-state index in [2.05, 4.69) is 21.2 Å². The van der Waals surface area contributed by atoms with Crippen molar-refractivity contribution in [2.45, 2.75) is 32.1 Å². The Kier molecular flexibility index (Phi) is 3.62. The summed E-state index contributed by atoms with van der Waals surface area (Å²) in [5.41, 5.74) is 3.01. The van der Waals surface area contributed by atoms with Crippen molar-refractivity contribution in [3.63, 3.8) is 0 Å². The van der Waals surface area contributed by atoms with Crippen molar-refractivity contribution >= 4 is 32.2 Å². The molecule has 3 nitrogen and oxygen atoms in total. The van der Waals surface area contributed by atoms with E-state index < -0.39 is 0 Å². The zero-order valence-electron chi connectivity index (χ0n) is 9.63. The van der Waals surface area contributed by atoms with Gasteiger partial charge in [0.2, 0.25) is 10.6 Å². The van der Waals surface area contributed by atoms with Crippen molar-refractivity contribution in [3.8, 4) is 0 Å². The van der Waals surface area contributed by atoms with Crippen LogP contribution in [0.15, 0.2) is 18.2 Å². The van der Waals surface area contributed by atoms with Gasteiger partial charge in [0, 0.05) is 12.1 Å². The molecule has 2 rings (SSSR count). The van der Waals surface area contributed by atoms with Crippen LogP contribution >= 0.6 is 15.9 Å². The first kappa shape index (κ1) is 12.3. The molecular formula is C13H14BrNO2. The van der Waals surface area contributed by atoms with E-state index in [9.17, 15) is 9.59 Å². The van der Waals surface area contributed by atoms with Crippen molar-refractivity contribution in [2.24, 2.45) is 0 Å². The predicted octanol–water partition coefficient (Wildman–Crippen LogP) is 2.99. The molecule has 0 aliphatic carbocycles. The van der Waals surface area contributed by atoms with Gasteiger partial charge in [-0.15, -0.1) is 0 Å². The third kappa shape index (κ3) is 2.57. The molecule has 1 aliphatic heterocycles. The Labute approximate surface area is 109 Å². The highest BCUT2D eigenvalue weighted by Gasteiger charge is 2.20. The van der Waals surface area contributed by atoms with Crippen LogP contribution in [0.1, 0.15) is 36.8 Å². The normalized spacial score (nSPS) is 16.0. The summed E-state index contributed by atoms with van der Waals surface area (Å²) in [7, 11) is 0. The lowest BCUT2D eigenvalue weighted by Crippen LogP contribution is -2.19. The van der Waals surface area contributed by atoms with Gasteiger partial charge in [-0.3, -0.25) is 9.59 Å². The molecule has 1 heterocycles. The predicted molar refractivity (Wildman–Crippen MR) is 70.4 cm³/mol. The Balaban J connectivity index is 2.33. The molecule has 1 aromatic rings. The van der Waals surface area contributed by atoms with E-state index in [1.54, 1.807) is 0 Å². The van der Waals surface area contributed by atoms with Crippen molar-refractivity contribution in [2.75, 3.05) is 5.32 Å². The van der Waals surface area contributed by atoms with E-state index in [4.69, 9.17) is 0 Å². The molecule has 0 radical (unpaired) electrons. The average Bonchev–Trinajstić information content (AvgIpc) is 2.29. The minimum atomic E-state index is -0.0991. The summed E-state index contributed by atoms with van der Waals surface area (Å²) in [6, 6.07) is 5.83. The number of carbonyl (C=O) groups excluding carboxylic acids is 2. The van der Waals surface area contributed by atoms with Gasteiger partial charge in [-0.05, 0) is 46.0 Å². The molecule has 90 valence electrons. The second kappa shape index (κ2) is 5.00. The molecule has 1 aromatic carbocycles. The summed E-state index contributed by atoms with van der Waals surface area (Å²) in [5.74, 6) is -0.0354. The summed E-state index contributed by atoms with van der Waals surface area (Å²) >= 11 is 3.03. The third-order valence-electron chi connectivity index (χ3n) is 3.11. The number of rotatable bonds is 3. The molecule has 1 aliphatic rings. The highest BCUT2D eigenvalue weighted by molar-refractivity contribution is 9.18. The summed E-state index contributed by atoms with van der Waals surface area (Å²) in [4.78, 5) is 22.7. The van der Waals surface area contributed by atoms with Crippen LogP contribution in [0.25, 0.3) is 0 Å². The fourth-order valence-electron chi connectivity index (χ4n) is 2.15. The van der Waals surface area contributed by atoms with E-state index in [1.807, 2.05) is 25.1 Å². The smallest absolute Gasteiger partial charge is 0.224 e. The number of hydrogen-bond donors (Lipinski definition) is 1. The highest BCUT2D eigenvalue weighted by Crippen LogP contribution is 2.29. The minimum absolute atomic E-state index is 0.0137. The number of benzene rings is 1. The molecule has 0 spiro atoms. The first-order valence-electron chi connectivity index (χ1n) is 5.74. The quantitative estimate of drug-likeness (QED) is 0.872. The van der Waals surface area contributed by atoms with Gasteiger partial charge in [0.05, 0.1) is 5.92 Å². The standard InChI is InChI=1S/C13H14BrNO2/c1-2-10(13(14)17)8-3-5-11-9(7-8)4-6-12(16)15-11/h3,5,7,10H,2,4,6H2,1H3,(H,15,16). The third-order valence-corrected chi connectivity index (χ3v) is 3.66. The van der Waals surface area contributed by atoms with Crippen molar-refractivity contribution in [3.05, 3.63) is 29.3 Å². The van der Waals surface area contributed by atoms with Crippen LogP contribution in [-0.4, -0.2) is 10.6 Å². The topological polar surface area (TPSA) is 46.2 Å². The van der Waals surface area contributed by atoms with Crippen LogP contribution in [0.2, 0.25) is 0 Å². The van der Waals surface area contributed by atoms with Gasteiger partial charge >= 0.3 is 0 Å². The largest absolute Gasteiger partial charge is 0.326 e. The second-order valence-electron chi connectivity index (χ2n) is 4.23. The number of hydrogen-bond acceptors (Lipinski definition) is 2. The van der Waals surface area contributed by atoms with E-state index >= 15 is 0 Å². The molecular weight excluding hydrogens is 282 g/mol. The Morgan fingerprint density at radius 1 is 1.47 bits per heavy atom. The Morgan fingerprint density at radius 2 is 2.24 bits per heavy atom. The van der Waals surface area contributed by atoms with E-state index in [-0.39, 0.29) is 16.5 Å². The SMILES string of the molecule is CCC(C(=O)Br)c1ccc2c(c1)CCC(=O)N2. The van der Waals surface area contributed by atoms with Crippen molar-refractivity contribution in [1.82, 2.24) is 0 Å². The monoisotopic (exact) mass is 295 g/mol. The van der Waals surface area contributed by atoms with Crippen LogP contribution < -0.4 is 5.32 Å². The summed E-state index contributed by atoms with van der Waals surface area (Å²) < 4.78 is 0.0137. The molecule has 0 fully saturated rings. The lowest BCUT2D eigenvalue weighted by molar-refractivity contribution is -0.116. The number of nitrogens with one attached hydrogen (secondary N) is 1. The molecule has 0 aromatic heterocycles. The molecule has 1 amide bonds. The number of aryl methyl sites for hydroxylation is 1. The van der Waals surface area contributed by atoms with E-state index in [0.717, 1.165) is 29.7 Å². The van der Waals surface area contributed by atoms with Gasteiger partial charge in [0.1, 0.15) is 0 Å². The van der Waals surface area contributed by atoms with Crippen LogP contribution in [-0.2, 0) is 16.0 Å². The van der Waals surface area contributed by atoms with Gasteiger partial charge in [-0.25, -0.2) is 0 Å². The van der Waals surface area contributed by atoms with Crippen LogP contribution in [0.3, 0.4) is 0 Å². The maximum atomic E-state index is 11.4. The Bertz CT molecular complexity index is 470. The average molecular weight is 296 g/mol. The van der Waals surface area contributed by atoms with Crippen LogP contribution in [0, 0.1) is 0 Å². The number of amides is 1. The van der Waals surface area contributed by atoms with Gasteiger partial charge < -0.3 is 5.32 Å². The van der Waals surface area contributed by atoms with Crippen molar-refractivity contribution in [1.29, 1.82) is 0 Å². The fourth-order valence-corrected chi connectivity index (χ4v) is 2.74. The molecule has 17 heavy (non-hydrogen) atoms. The van der Waals surface area contributed by atoms with E-state index in [0.29, 0.717) is 6.42 Å². The molecule has 0 saturated carbocycles. The molecule has 1 unspecified atom stereocenters. The molecule has 1 N–H and O–H groups in total. The van der Waals surface area contributed by atoms with Gasteiger partial charge in [-0.2, -0.15) is 0 Å². The first-order chi connectivity index (χ1) is 8.11. The summed E-state index contributed by atoms with van der Waals surface area (Å²) in [6.07, 6.45) is 2.05. The van der Waals surface area contributed by atoms with Crippen molar-refractivity contribution < 1.29 is 9.59 Å².